The van der Waals surface area contributed by atoms with E-state index in [4.69, 9.17) is 0 Å². The van der Waals surface area contributed by atoms with Gasteiger partial charge < -0.3 is 9.88 Å². The van der Waals surface area contributed by atoms with Gasteiger partial charge in [0.2, 0.25) is 0 Å². The number of pyridine rings is 1. The molecule has 3 rings (SSSR count). The van der Waals surface area contributed by atoms with Gasteiger partial charge in [0.05, 0.1) is 17.8 Å². The van der Waals surface area contributed by atoms with Crippen molar-refractivity contribution in [3.8, 4) is 0 Å². The Hall–Kier alpha value is -2.10. The molecule has 0 aromatic carbocycles. The van der Waals surface area contributed by atoms with Crippen LogP contribution in [0.1, 0.15) is 46.3 Å². The Morgan fingerprint density at radius 1 is 1.40 bits per heavy atom. The standard InChI is InChI=1S/C16H19N3O/c1-11-9-15(12(2)19(11)14-6-7-14)16(20)18-10-13-5-3-4-8-17-13/h3-5,8-9,14H,6-7,10H2,1-2H3,(H,18,20). The molecular weight excluding hydrogens is 250 g/mol. The minimum absolute atomic E-state index is 0.0179. The highest BCUT2D eigenvalue weighted by atomic mass is 16.1. The monoisotopic (exact) mass is 269 g/mol. The van der Waals surface area contributed by atoms with Gasteiger partial charge in [-0.25, -0.2) is 0 Å². The van der Waals surface area contributed by atoms with Gasteiger partial charge in [0.1, 0.15) is 0 Å². The molecule has 2 aromatic heterocycles. The van der Waals surface area contributed by atoms with E-state index >= 15 is 0 Å². The van der Waals surface area contributed by atoms with Crippen molar-refractivity contribution >= 4 is 5.91 Å². The Kier molecular flexibility index (Phi) is 3.30. The van der Waals surface area contributed by atoms with Crippen molar-refractivity contribution in [2.75, 3.05) is 0 Å². The molecule has 4 nitrogen and oxygen atoms in total. The number of aryl methyl sites for hydroxylation is 1. The average Bonchev–Trinajstić information content (AvgIpc) is 3.23. The molecule has 0 spiro atoms. The van der Waals surface area contributed by atoms with Gasteiger partial charge in [0.15, 0.2) is 0 Å². The lowest BCUT2D eigenvalue weighted by molar-refractivity contribution is 0.0949. The van der Waals surface area contributed by atoms with Crippen LogP contribution in [0.15, 0.2) is 30.5 Å². The summed E-state index contributed by atoms with van der Waals surface area (Å²) in [5.74, 6) is -0.0179. The lowest BCUT2D eigenvalue weighted by atomic mass is 10.2. The van der Waals surface area contributed by atoms with E-state index in [1.807, 2.05) is 31.2 Å². The van der Waals surface area contributed by atoms with Gasteiger partial charge in [-0.3, -0.25) is 9.78 Å². The SMILES string of the molecule is Cc1cc(C(=O)NCc2ccccn2)c(C)n1C1CC1. The average molecular weight is 269 g/mol. The van der Waals surface area contributed by atoms with Crippen molar-refractivity contribution < 1.29 is 4.79 Å². The first-order valence-corrected chi connectivity index (χ1v) is 7.03. The number of carbonyl (C=O) groups excluding carboxylic acids is 1. The van der Waals surface area contributed by atoms with E-state index in [-0.39, 0.29) is 5.91 Å². The zero-order chi connectivity index (χ0) is 14.1. The second-order valence-electron chi connectivity index (χ2n) is 5.39. The van der Waals surface area contributed by atoms with Crippen molar-refractivity contribution in [1.82, 2.24) is 14.9 Å². The fraction of sp³-hybridized carbons (Fsp3) is 0.375. The summed E-state index contributed by atoms with van der Waals surface area (Å²) in [6.45, 7) is 4.56. The number of hydrogen-bond acceptors (Lipinski definition) is 2. The van der Waals surface area contributed by atoms with Crippen LogP contribution in [-0.2, 0) is 6.54 Å². The molecule has 0 unspecified atom stereocenters. The van der Waals surface area contributed by atoms with Gasteiger partial charge in [-0.05, 0) is 44.9 Å². The van der Waals surface area contributed by atoms with Gasteiger partial charge in [-0.2, -0.15) is 0 Å². The van der Waals surface area contributed by atoms with E-state index in [2.05, 4.69) is 21.8 Å². The molecule has 1 fully saturated rings. The van der Waals surface area contributed by atoms with Crippen molar-refractivity contribution in [2.24, 2.45) is 0 Å². The largest absolute Gasteiger partial charge is 0.346 e. The van der Waals surface area contributed by atoms with Crippen LogP contribution in [0.2, 0.25) is 0 Å². The quantitative estimate of drug-likeness (QED) is 0.927. The van der Waals surface area contributed by atoms with Gasteiger partial charge in [0.25, 0.3) is 5.91 Å². The molecule has 2 heterocycles. The summed E-state index contributed by atoms with van der Waals surface area (Å²) in [5, 5.41) is 2.94. The minimum atomic E-state index is -0.0179. The molecule has 2 aromatic rings. The van der Waals surface area contributed by atoms with Crippen LogP contribution in [-0.4, -0.2) is 15.5 Å². The van der Waals surface area contributed by atoms with Crippen molar-refractivity contribution in [3.63, 3.8) is 0 Å². The number of nitrogens with one attached hydrogen (secondary N) is 1. The highest BCUT2D eigenvalue weighted by Gasteiger charge is 2.28. The molecule has 20 heavy (non-hydrogen) atoms. The Morgan fingerprint density at radius 2 is 2.20 bits per heavy atom. The van der Waals surface area contributed by atoms with E-state index in [9.17, 15) is 4.79 Å². The summed E-state index contributed by atoms with van der Waals surface area (Å²) < 4.78 is 2.29. The molecule has 1 N–H and O–H groups in total. The Bertz CT molecular complexity index is 627. The number of hydrogen-bond donors (Lipinski definition) is 1. The van der Waals surface area contributed by atoms with E-state index in [1.165, 1.54) is 18.5 Å². The smallest absolute Gasteiger partial charge is 0.253 e. The number of aromatic nitrogens is 2. The van der Waals surface area contributed by atoms with E-state index in [1.54, 1.807) is 6.20 Å². The van der Waals surface area contributed by atoms with Crippen LogP contribution >= 0.6 is 0 Å². The van der Waals surface area contributed by atoms with Crippen LogP contribution in [0.5, 0.6) is 0 Å². The molecule has 0 atom stereocenters. The highest BCUT2D eigenvalue weighted by molar-refractivity contribution is 5.95. The normalized spacial score (nSPS) is 14.3. The van der Waals surface area contributed by atoms with E-state index in [0.29, 0.717) is 12.6 Å². The van der Waals surface area contributed by atoms with Gasteiger partial charge in [0, 0.05) is 23.6 Å². The molecule has 0 radical (unpaired) electrons. The van der Waals surface area contributed by atoms with Gasteiger partial charge in [-0.15, -0.1) is 0 Å². The Morgan fingerprint density at radius 3 is 2.85 bits per heavy atom. The van der Waals surface area contributed by atoms with Crippen LogP contribution in [0.25, 0.3) is 0 Å². The second-order valence-corrected chi connectivity index (χ2v) is 5.39. The maximum atomic E-state index is 12.3. The number of nitrogens with zero attached hydrogens (tertiary/aromatic N) is 2. The molecule has 0 aliphatic heterocycles. The van der Waals surface area contributed by atoms with Crippen molar-refractivity contribution in [3.05, 3.63) is 53.1 Å². The van der Waals surface area contributed by atoms with Crippen LogP contribution in [0, 0.1) is 13.8 Å². The molecule has 0 saturated heterocycles. The predicted octanol–water partition coefficient (Wildman–Crippen LogP) is 2.76. The van der Waals surface area contributed by atoms with Crippen LogP contribution in [0.3, 0.4) is 0 Å². The summed E-state index contributed by atoms with van der Waals surface area (Å²) in [4.78, 5) is 16.5. The number of rotatable bonds is 4. The van der Waals surface area contributed by atoms with Gasteiger partial charge in [-0.1, -0.05) is 6.07 Å². The lowest BCUT2D eigenvalue weighted by Crippen LogP contribution is -2.23. The third-order valence-electron chi connectivity index (χ3n) is 3.80. The van der Waals surface area contributed by atoms with Crippen molar-refractivity contribution in [2.45, 2.75) is 39.3 Å². The molecule has 1 aliphatic carbocycles. The minimum Gasteiger partial charge on any atom is -0.346 e. The van der Waals surface area contributed by atoms with E-state index in [0.717, 1.165) is 17.0 Å². The number of carbonyl (C=O) groups is 1. The third-order valence-corrected chi connectivity index (χ3v) is 3.80. The molecule has 104 valence electrons. The van der Waals surface area contributed by atoms with Crippen LogP contribution < -0.4 is 5.32 Å². The summed E-state index contributed by atoms with van der Waals surface area (Å²) in [5.41, 5.74) is 3.90. The highest BCUT2D eigenvalue weighted by Crippen LogP contribution is 2.38. The Balaban J connectivity index is 1.73. The van der Waals surface area contributed by atoms with Crippen LogP contribution in [0.4, 0.5) is 0 Å². The number of amides is 1. The first kappa shape index (κ1) is 12.9. The topological polar surface area (TPSA) is 46.9 Å². The third kappa shape index (κ3) is 2.46. The fourth-order valence-corrected chi connectivity index (χ4v) is 2.67. The van der Waals surface area contributed by atoms with Gasteiger partial charge >= 0.3 is 0 Å². The zero-order valence-corrected chi connectivity index (χ0v) is 11.9. The summed E-state index contributed by atoms with van der Waals surface area (Å²) in [6.07, 6.45) is 4.19. The molecule has 1 amide bonds. The molecule has 1 aliphatic rings. The molecule has 4 heteroatoms. The molecular formula is C16H19N3O. The summed E-state index contributed by atoms with van der Waals surface area (Å²) in [7, 11) is 0. The summed E-state index contributed by atoms with van der Waals surface area (Å²) >= 11 is 0. The first-order chi connectivity index (χ1) is 9.66. The maximum Gasteiger partial charge on any atom is 0.253 e. The zero-order valence-electron chi connectivity index (χ0n) is 11.9. The van der Waals surface area contributed by atoms with Crippen molar-refractivity contribution in [1.29, 1.82) is 0 Å². The predicted molar refractivity (Wildman–Crippen MR) is 77.6 cm³/mol. The van der Waals surface area contributed by atoms with E-state index < -0.39 is 0 Å². The lowest BCUT2D eigenvalue weighted by Gasteiger charge is -2.08. The summed E-state index contributed by atoms with van der Waals surface area (Å²) in [6, 6.07) is 8.30. The fourth-order valence-electron chi connectivity index (χ4n) is 2.67. The molecule has 0 bridgehead atoms. The Labute approximate surface area is 118 Å². The maximum absolute atomic E-state index is 12.3. The first-order valence-electron chi connectivity index (χ1n) is 7.03. The second kappa shape index (κ2) is 5.12. The molecule has 1 saturated carbocycles.